The predicted molar refractivity (Wildman–Crippen MR) is 79.2 cm³/mol. The van der Waals surface area contributed by atoms with E-state index in [0.717, 1.165) is 12.2 Å². The Hall–Kier alpha value is -0.870. The molecule has 1 aromatic rings. The van der Waals surface area contributed by atoms with Gasteiger partial charge in [-0.05, 0) is 47.5 Å². The highest BCUT2D eigenvalue weighted by molar-refractivity contribution is 5.22. The number of aromatic nitrogens is 2. The Morgan fingerprint density at radius 3 is 2.37 bits per heavy atom. The van der Waals surface area contributed by atoms with Crippen molar-refractivity contribution in [1.29, 1.82) is 0 Å². The van der Waals surface area contributed by atoms with Crippen LogP contribution in [0.25, 0.3) is 0 Å². The average molecular weight is 264 g/mol. The second kappa shape index (κ2) is 5.63. The Bertz CT molecular complexity index is 389. The van der Waals surface area contributed by atoms with Gasteiger partial charge in [0.1, 0.15) is 0 Å². The normalized spacial score (nSPS) is 19.0. The number of piperidine rings is 1. The molecule has 1 aromatic heterocycles. The van der Waals surface area contributed by atoms with Crippen molar-refractivity contribution in [2.24, 2.45) is 0 Å². The molecule has 4 nitrogen and oxygen atoms in total. The number of hydrogen-bond donors (Lipinski definition) is 2. The lowest BCUT2D eigenvalue weighted by molar-refractivity contribution is 0.0960. The van der Waals surface area contributed by atoms with Crippen LogP contribution < -0.4 is 5.32 Å². The quantitative estimate of drug-likeness (QED) is 0.881. The van der Waals surface area contributed by atoms with Crippen molar-refractivity contribution in [3.63, 3.8) is 0 Å². The standard InChI is InChI=1S/C15H28N4/c1-11-14(12(2)18-17-11)10-16-13-6-8-19(9-7-13)15(3,4)5/h13,16H,6-10H2,1-5H3,(H,17,18). The van der Waals surface area contributed by atoms with Crippen LogP contribution in [0.15, 0.2) is 0 Å². The van der Waals surface area contributed by atoms with E-state index in [1.54, 1.807) is 0 Å². The lowest BCUT2D eigenvalue weighted by atomic mass is 9.98. The molecule has 0 aromatic carbocycles. The molecule has 0 amide bonds. The lowest BCUT2D eigenvalue weighted by Gasteiger charge is -2.41. The summed E-state index contributed by atoms with van der Waals surface area (Å²) < 4.78 is 0. The second-order valence-corrected chi connectivity index (χ2v) is 6.73. The molecule has 0 spiro atoms. The Morgan fingerprint density at radius 1 is 1.26 bits per heavy atom. The highest BCUT2D eigenvalue weighted by Gasteiger charge is 2.26. The SMILES string of the molecule is Cc1n[nH]c(C)c1CNC1CCN(C(C)(C)C)CC1. The van der Waals surface area contributed by atoms with E-state index in [4.69, 9.17) is 0 Å². The van der Waals surface area contributed by atoms with Crippen molar-refractivity contribution in [3.05, 3.63) is 17.0 Å². The van der Waals surface area contributed by atoms with Crippen LogP contribution in [0.2, 0.25) is 0 Å². The third-order valence-electron chi connectivity index (χ3n) is 4.29. The van der Waals surface area contributed by atoms with Crippen LogP contribution in [0.3, 0.4) is 0 Å². The van der Waals surface area contributed by atoms with Crippen LogP contribution in [0.5, 0.6) is 0 Å². The van der Waals surface area contributed by atoms with Crippen LogP contribution in [0, 0.1) is 13.8 Å². The van der Waals surface area contributed by atoms with E-state index in [0.29, 0.717) is 11.6 Å². The van der Waals surface area contributed by atoms with Crippen molar-refractivity contribution in [2.75, 3.05) is 13.1 Å². The first kappa shape index (κ1) is 14.5. The molecule has 2 rings (SSSR count). The van der Waals surface area contributed by atoms with E-state index in [1.165, 1.54) is 37.2 Å². The van der Waals surface area contributed by atoms with Crippen LogP contribution in [0.1, 0.15) is 50.6 Å². The minimum atomic E-state index is 0.308. The molecule has 0 bridgehead atoms. The van der Waals surface area contributed by atoms with Crippen LogP contribution in [-0.2, 0) is 6.54 Å². The molecule has 1 aliphatic heterocycles. The van der Waals surface area contributed by atoms with Gasteiger partial charge in [0, 0.05) is 42.5 Å². The van der Waals surface area contributed by atoms with Gasteiger partial charge in [-0.1, -0.05) is 0 Å². The number of hydrogen-bond acceptors (Lipinski definition) is 3. The third-order valence-corrected chi connectivity index (χ3v) is 4.29. The summed E-state index contributed by atoms with van der Waals surface area (Å²) in [5.41, 5.74) is 3.95. The first-order valence-corrected chi connectivity index (χ1v) is 7.37. The topological polar surface area (TPSA) is 44.0 Å². The lowest BCUT2D eigenvalue weighted by Crippen LogP contribution is -2.49. The highest BCUT2D eigenvalue weighted by Crippen LogP contribution is 2.20. The summed E-state index contributed by atoms with van der Waals surface area (Å²) >= 11 is 0. The molecule has 2 N–H and O–H groups in total. The van der Waals surface area contributed by atoms with Gasteiger partial charge in [0.25, 0.3) is 0 Å². The highest BCUT2D eigenvalue weighted by atomic mass is 15.2. The van der Waals surface area contributed by atoms with Gasteiger partial charge in [-0.25, -0.2) is 0 Å². The number of nitrogens with zero attached hydrogens (tertiary/aromatic N) is 2. The summed E-state index contributed by atoms with van der Waals surface area (Å²) in [6.07, 6.45) is 2.49. The van der Waals surface area contributed by atoms with Crippen molar-refractivity contribution in [1.82, 2.24) is 20.4 Å². The summed E-state index contributed by atoms with van der Waals surface area (Å²) in [5.74, 6) is 0. The molecule has 1 aliphatic rings. The molecule has 0 unspecified atom stereocenters. The van der Waals surface area contributed by atoms with Gasteiger partial charge >= 0.3 is 0 Å². The maximum absolute atomic E-state index is 4.25. The number of aryl methyl sites for hydroxylation is 2. The fraction of sp³-hybridized carbons (Fsp3) is 0.800. The number of nitrogens with one attached hydrogen (secondary N) is 2. The van der Waals surface area contributed by atoms with E-state index >= 15 is 0 Å². The summed E-state index contributed by atoms with van der Waals surface area (Å²) in [4.78, 5) is 2.58. The monoisotopic (exact) mass is 264 g/mol. The van der Waals surface area contributed by atoms with E-state index < -0.39 is 0 Å². The summed E-state index contributed by atoms with van der Waals surface area (Å²) in [5, 5.41) is 11.0. The molecule has 1 fully saturated rings. The third kappa shape index (κ3) is 3.57. The molecule has 108 valence electrons. The fourth-order valence-corrected chi connectivity index (χ4v) is 2.84. The van der Waals surface area contributed by atoms with Gasteiger partial charge in [-0.15, -0.1) is 0 Å². The minimum Gasteiger partial charge on any atom is -0.310 e. The molecule has 2 heterocycles. The Labute approximate surface area is 117 Å². The van der Waals surface area contributed by atoms with E-state index in [2.05, 4.69) is 55.0 Å². The van der Waals surface area contributed by atoms with Crippen LogP contribution in [-0.4, -0.2) is 39.8 Å². The maximum atomic E-state index is 4.25. The zero-order valence-corrected chi connectivity index (χ0v) is 13.0. The molecule has 19 heavy (non-hydrogen) atoms. The Balaban J connectivity index is 1.81. The number of likely N-dealkylation sites (tertiary alicyclic amines) is 1. The van der Waals surface area contributed by atoms with Gasteiger partial charge in [0.15, 0.2) is 0 Å². The Morgan fingerprint density at radius 2 is 1.89 bits per heavy atom. The first-order valence-electron chi connectivity index (χ1n) is 7.37. The zero-order valence-electron chi connectivity index (χ0n) is 13.0. The van der Waals surface area contributed by atoms with Crippen molar-refractivity contribution in [3.8, 4) is 0 Å². The molecule has 0 aliphatic carbocycles. The molecular weight excluding hydrogens is 236 g/mol. The summed E-state index contributed by atoms with van der Waals surface area (Å²) in [6, 6.07) is 0.646. The molecule has 4 heteroatoms. The van der Waals surface area contributed by atoms with Gasteiger partial charge in [-0.3, -0.25) is 10.00 Å². The zero-order chi connectivity index (χ0) is 14.0. The second-order valence-electron chi connectivity index (χ2n) is 6.73. The van der Waals surface area contributed by atoms with Crippen molar-refractivity contribution < 1.29 is 0 Å². The maximum Gasteiger partial charge on any atom is 0.0638 e. The molecule has 0 saturated carbocycles. The smallest absolute Gasteiger partial charge is 0.0638 e. The van der Waals surface area contributed by atoms with E-state index in [-0.39, 0.29) is 0 Å². The summed E-state index contributed by atoms with van der Waals surface area (Å²) in [7, 11) is 0. The van der Waals surface area contributed by atoms with Crippen molar-refractivity contribution in [2.45, 2.75) is 65.6 Å². The number of H-pyrrole nitrogens is 1. The predicted octanol–water partition coefficient (Wildman–Crippen LogP) is 2.38. The van der Waals surface area contributed by atoms with Crippen LogP contribution >= 0.6 is 0 Å². The molecular formula is C15H28N4. The van der Waals surface area contributed by atoms with Gasteiger partial charge in [0.2, 0.25) is 0 Å². The molecule has 0 radical (unpaired) electrons. The average Bonchev–Trinajstić information content (AvgIpc) is 2.66. The Kier molecular flexibility index (Phi) is 4.31. The van der Waals surface area contributed by atoms with E-state index in [1.807, 2.05) is 0 Å². The summed E-state index contributed by atoms with van der Waals surface area (Å²) in [6.45, 7) is 14.4. The minimum absolute atomic E-state index is 0.308. The molecule has 1 saturated heterocycles. The number of rotatable bonds is 3. The van der Waals surface area contributed by atoms with Gasteiger partial charge < -0.3 is 5.32 Å². The van der Waals surface area contributed by atoms with Crippen molar-refractivity contribution >= 4 is 0 Å². The largest absolute Gasteiger partial charge is 0.310 e. The van der Waals surface area contributed by atoms with Gasteiger partial charge in [0.05, 0.1) is 5.69 Å². The first-order chi connectivity index (χ1) is 8.88. The number of aromatic amines is 1. The van der Waals surface area contributed by atoms with Crippen LogP contribution in [0.4, 0.5) is 0 Å². The van der Waals surface area contributed by atoms with E-state index in [9.17, 15) is 0 Å². The molecule has 0 atom stereocenters. The van der Waals surface area contributed by atoms with Gasteiger partial charge in [-0.2, -0.15) is 5.10 Å². The fourth-order valence-electron chi connectivity index (χ4n) is 2.84.